The third-order valence-electron chi connectivity index (χ3n) is 2.72. The second kappa shape index (κ2) is 5.87. The van der Waals surface area contributed by atoms with Crippen molar-refractivity contribution in [3.05, 3.63) is 50.1 Å². The van der Waals surface area contributed by atoms with Crippen molar-refractivity contribution in [2.45, 2.75) is 20.0 Å². The molecule has 96 valence electrons. The summed E-state index contributed by atoms with van der Waals surface area (Å²) in [5, 5.41) is 2.04. The summed E-state index contributed by atoms with van der Waals surface area (Å²) in [7, 11) is 0. The topological polar surface area (TPSA) is 35.2 Å². The Morgan fingerprint density at radius 3 is 2.67 bits per heavy atom. The van der Waals surface area contributed by atoms with E-state index in [4.69, 9.17) is 10.5 Å². The number of hydrogen-bond acceptors (Lipinski definition) is 3. The van der Waals surface area contributed by atoms with Crippen molar-refractivity contribution in [3.8, 4) is 5.75 Å². The summed E-state index contributed by atoms with van der Waals surface area (Å²) in [5.41, 5.74) is 8.19. The second-order valence-corrected chi connectivity index (χ2v) is 6.14. The smallest absolute Gasteiger partial charge is 0.145 e. The van der Waals surface area contributed by atoms with Crippen LogP contribution in [0.1, 0.15) is 22.1 Å². The lowest BCUT2D eigenvalue weighted by Gasteiger charge is -2.17. The fourth-order valence-corrected chi connectivity index (χ4v) is 3.29. The van der Waals surface area contributed by atoms with Crippen molar-refractivity contribution in [2.24, 2.45) is 5.73 Å². The Kier molecular flexibility index (Phi) is 4.43. The normalized spacial score (nSPS) is 12.4. The highest BCUT2D eigenvalue weighted by atomic mass is 79.9. The SMILES string of the molecule is Cc1ccc(OC(CN)c2cc(Br)cs2)c(C)c1. The van der Waals surface area contributed by atoms with E-state index in [1.54, 1.807) is 11.3 Å². The molecule has 1 aromatic heterocycles. The summed E-state index contributed by atoms with van der Waals surface area (Å²) in [6.45, 7) is 4.61. The molecular weight excluding hydrogens is 310 g/mol. The standard InChI is InChI=1S/C14H16BrNOS/c1-9-3-4-12(10(2)5-9)17-13(7-16)14-6-11(15)8-18-14/h3-6,8,13H,7,16H2,1-2H3. The van der Waals surface area contributed by atoms with Gasteiger partial charge in [-0.05, 0) is 47.5 Å². The predicted octanol–water partition coefficient (Wildman–Crippen LogP) is 4.21. The minimum absolute atomic E-state index is 0.0808. The highest BCUT2D eigenvalue weighted by Crippen LogP contribution is 2.30. The van der Waals surface area contributed by atoms with E-state index in [1.165, 1.54) is 5.56 Å². The van der Waals surface area contributed by atoms with Gasteiger partial charge in [0, 0.05) is 21.3 Å². The van der Waals surface area contributed by atoms with Crippen LogP contribution in [-0.4, -0.2) is 6.54 Å². The molecule has 0 amide bonds. The van der Waals surface area contributed by atoms with Gasteiger partial charge in [-0.2, -0.15) is 0 Å². The average Bonchev–Trinajstić information content (AvgIpc) is 2.75. The van der Waals surface area contributed by atoms with Gasteiger partial charge in [-0.25, -0.2) is 0 Å². The fourth-order valence-electron chi connectivity index (χ4n) is 1.80. The number of nitrogens with two attached hydrogens (primary N) is 1. The van der Waals surface area contributed by atoms with E-state index < -0.39 is 0 Å². The third kappa shape index (κ3) is 3.13. The number of hydrogen-bond donors (Lipinski definition) is 1. The molecule has 2 aromatic rings. The monoisotopic (exact) mass is 325 g/mol. The zero-order valence-electron chi connectivity index (χ0n) is 10.4. The molecule has 1 unspecified atom stereocenters. The van der Waals surface area contributed by atoms with Crippen LogP contribution >= 0.6 is 27.3 Å². The highest BCUT2D eigenvalue weighted by Gasteiger charge is 2.14. The summed E-state index contributed by atoms with van der Waals surface area (Å²) < 4.78 is 7.09. The van der Waals surface area contributed by atoms with Crippen molar-refractivity contribution in [2.75, 3.05) is 6.54 Å². The molecule has 0 aliphatic heterocycles. The summed E-state index contributed by atoms with van der Waals surface area (Å²) in [6, 6.07) is 8.25. The van der Waals surface area contributed by atoms with Gasteiger partial charge in [0.05, 0.1) is 0 Å². The summed E-state index contributed by atoms with van der Waals surface area (Å²) >= 11 is 5.11. The lowest BCUT2D eigenvalue weighted by Crippen LogP contribution is -2.17. The zero-order chi connectivity index (χ0) is 13.1. The molecule has 2 N–H and O–H groups in total. The van der Waals surface area contributed by atoms with Gasteiger partial charge < -0.3 is 10.5 Å². The summed E-state index contributed by atoms with van der Waals surface area (Å²) in [4.78, 5) is 1.14. The number of benzene rings is 1. The number of aryl methyl sites for hydroxylation is 2. The largest absolute Gasteiger partial charge is 0.483 e. The molecule has 0 saturated carbocycles. The van der Waals surface area contributed by atoms with Crippen LogP contribution in [0.2, 0.25) is 0 Å². The van der Waals surface area contributed by atoms with Gasteiger partial charge in [0.25, 0.3) is 0 Å². The Bertz CT molecular complexity index is 538. The molecule has 4 heteroatoms. The maximum absolute atomic E-state index is 6.01. The molecule has 0 spiro atoms. The first-order valence-electron chi connectivity index (χ1n) is 5.78. The summed E-state index contributed by atoms with van der Waals surface area (Å²) in [5.74, 6) is 0.903. The molecule has 18 heavy (non-hydrogen) atoms. The molecule has 2 nitrogen and oxygen atoms in total. The fraction of sp³-hybridized carbons (Fsp3) is 0.286. The van der Waals surface area contributed by atoms with Crippen molar-refractivity contribution >= 4 is 27.3 Å². The van der Waals surface area contributed by atoms with Crippen LogP contribution in [0, 0.1) is 13.8 Å². The molecule has 0 bridgehead atoms. The zero-order valence-corrected chi connectivity index (χ0v) is 12.8. The first kappa shape index (κ1) is 13.6. The average molecular weight is 326 g/mol. The molecule has 1 atom stereocenters. The van der Waals surface area contributed by atoms with Crippen LogP contribution in [0.25, 0.3) is 0 Å². The minimum Gasteiger partial charge on any atom is -0.483 e. The van der Waals surface area contributed by atoms with Gasteiger partial charge in [-0.1, -0.05) is 17.7 Å². The molecule has 0 aliphatic carbocycles. The van der Waals surface area contributed by atoms with Crippen LogP contribution in [0.5, 0.6) is 5.75 Å². The lowest BCUT2D eigenvalue weighted by atomic mass is 10.1. The first-order chi connectivity index (χ1) is 8.60. The van der Waals surface area contributed by atoms with E-state index in [0.29, 0.717) is 6.54 Å². The highest BCUT2D eigenvalue weighted by molar-refractivity contribution is 9.10. The molecular formula is C14H16BrNOS. The van der Waals surface area contributed by atoms with Crippen molar-refractivity contribution < 1.29 is 4.74 Å². The molecule has 1 aromatic carbocycles. The molecule has 0 aliphatic rings. The Hall–Kier alpha value is -0.840. The van der Waals surface area contributed by atoms with Gasteiger partial charge in [0.15, 0.2) is 0 Å². The van der Waals surface area contributed by atoms with E-state index >= 15 is 0 Å². The van der Waals surface area contributed by atoms with Gasteiger partial charge in [0.2, 0.25) is 0 Å². The second-order valence-electron chi connectivity index (χ2n) is 4.28. The maximum atomic E-state index is 6.01. The molecule has 2 rings (SSSR count). The number of halogens is 1. The van der Waals surface area contributed by atoms with E-state index in [0.717, 1.165) is 20.7 Å². The lowest BCUT2D eigenvalue weighted by molar-refractivity contribution is 0.216. The maximum Gasteiger partial charge on any atom is 0.145 e. The Balaban J connectivity index is 2.20. The number of ether oxygens (including phenoxy) is 1. The number of rotatable bonds is 4. The Labute approximate surface area is 120 Å². The van der Waals surface area contributed by atoms with E-state index in [9.17, 15) is 0 Å². The Morgan fingerprint density at radius 2 is 2.11 bits per heavy atom. The van der Waals surface area contributed by atoms with Gasteiger partial charge in [-0.3, -0.25) is 0 Å². The van der Waals surface area contributed by atoms with Crippen molar-refractivity contribution in [3.63, 3.8) is 0 Å². The molecule has 0 saturated heterocycles. The van der Waals surface area contributed by atoms with Gasteiger partial charge in [0.1, 0.15) is 11.9 Å². The molecule has 1 heterocycles. The van der Waals surface area contributed by atoms with Crippen LogP contribution in [0.4, 0.5) is 0 Å². The van der Waals surface area contributed by atoms with Gasteiger partial charge in [-0.15, -0.1) is 11.3 Å². The van der Waals surface area contributed by atoms with E-state index in [1.807, 2.05) is 11.4 Å². The predicted molar refractivity (Wildman–Crippen MR) is 80.4 cm³/mol. The summed E-state index contributed by atoms with van der Waals surface area (Å²) in [6.07, 6.45) is -0.0808. The molecule has 0 radical (unpaired) electrons. The molecule has 0 fully saturated rings. The van der Waals surface area contributed by atoms with Crippen LogP contribution in [-0.2, 0) is 0 Å². The van der Waals surface area contributed by atoms with Crippen molar-refractivity contribution in [1.29, 1.82) is 0 Å². The minimum atomic E-state index is -0.0808. The quantitative estimate of drug-likeness (QED) is 0.914. The van der Waals surface area contributed by atoms with Crippen LogP contribution < -0.4 is 10.5 Å². The van der Waals surface area contributed by atoms with E-state index in [2.05, 4.69) is 48.0 Å². The van der Waals surface area contributed by atoms with Crippen molar-refractivity contribution in [1.82, 2.24) is 0 Å². The van der Waals surface area contributed by atoms with E-state index in [-0.39, 0.29) is 6.10 Å². The third-order valence-corrected chi connectivity index (χ3v) is 4.50. The van der Waals surface area contributed by atoms with Crippen LogP contribution in [0.3, 0.4) is 0 Å². The Morgan fingerprint density at radius 1 is 1.33 bits per heavy atom. The van der Waals surface area contributed by atoms with Crippen LogP contribution in [0.15, 0.2) is 34.1 Å². The number of thiophene rings is 1. The van der Waals surface area contributed by atoms with Gasteiger partial charge >= 0.3 is 0 Å². The first-order valence-corrected chi connectivity index (χ1v) is 7.45.